The van der Waals surface area contributed by atoms with Crippen LogP contribution in [0.3, 0.4) is 0 Å². The maximum absolute atomic E-state index is 12.5. The number of amides is 1. The molecular formula is C20H21N3O3. The summed E-state index contributed by atoms with van der Waals surface area (Å²) in [6.45, 7) is 1.02. The topological polar surface area (TPSA) is 90.4 Å². The number of carbonyl (C=O) groups is 1. The molecule has 0 radical (unpaired) electrons. The zero-order chi connectivity index (χ0) is 18.0. The summed E-state index contributed by atoms with van der Waals surface area (Å²) in [5.41, 5.74) is 8.54. The quantitative estimate of drug-likeness (QED) is 0.754. The summed E-state index contributed by atoms with van der Waals surface area (Å²) in [6.07, 6.45) is 1.67. The zero-order valence-electron chi connectivity index (χ0n) is 14.4. The van der Waals surface area contributed by atoms with Gasteiger partial charge in [-0.2, -0.15) is 0 Å². The highest BCUT2D eigenvalue weighted by atomic mass is 16.5. The van der Waals surface area contributed by atoms with Crippen LogP contribution in [-0.2, 0) is 16.0 Å². The average Bonchev–Trinajstić information content (AvgIpc) is 3.04. The number of aromatic nitrogens is 1. The maximum Gasteiger partial charge on any atom is 0.244 e. The second-order valence-corrected chi connectivity index (χ2v) is 6.68. The molecule has 26 heavy (non-hydrogen) atoms. The first kappa shape index (κ1) is 16.8. The van der Waals surface area contributed by atoms with Crippen LogP contribution in [0.25, 0.3) is 11.1 Å². The normalized spacial score (nSPS) is 16.5. The van der Waals surface area contributed by atoms with E-state index in [1.807, 2.05) is 42.5 Å². The number of nitrogens with two attached hydrogens (primary N) is 1. The largest absolute Gasteiger partial charge is 0.440 e. The Morgan fingerprint density at radius 2 is 1.92 bits per heavy atom. The number of fused-ring (bicyclic) bond motifs is 1. The number of carbonyl (C=O) groups excluding carboxylic acids is 1. The number of hydrogen-bond donors (Lipinski definition) is 2. The van der Waals surface area contributed by atoms with Crippen molar-refractivity contribution in [2.75, 3.05) is 18.5 Å². The summed E-state index contributed by atoms with van der Waals surface area (Å²) in [5, 5.41) is 2.90. The lowest BCUT2D eigenvalue weighted by atomic mass is 9.90. The average molecular weight is 351 g/mol. The standard InChI is InChI=1S/C20H21N3O3/c21-20(8-10-25-11-9-20)19(24)22-15-6-7-16-17(13-15)26-18(23-16)12-14-4-2-1-3-5-14/h1-7,13H,8-12,21H2,(H,22,24). The third kappa shape index (κ3) is 3.47. The molecule has 6 nitrogen and oxygen atoms in total. The summed E-state index contributed by atoms with van der Waals surface area (Å²) in [6, 6.07) is 15.5. The molecule has 6 heteroatoms. The van der Waals surface area contributed by atoms with E-state index in [0.29, 0.717) is 49.6 Å². The Morgan fingerprint density at radius 3 is 2.69 bits per heavy atom. The van der Waals surface area contributed by atoms with Crippen molar-refractivity contribution in [1.82, 2.24) is 4.98 Å². The fourth-order valence-corrected chi connectivity index (χ4v) is 3.11. The van der Waals surface area contributed by atoms with Crippen molar-refractivity contribution in [3.63, 3.8) is 0 Å². The number of hydrogen-bond acceptors (Lipinski definition) is 5. The van der Waals surface area contributed by atoms with E-state index in [1.165, 1.54) is 0 Å². The van der Waals surface area contributed by atoms with Gasteiger partial charge in [0.2, 0.25) is 5.91 Å². The minimum atomic E-state index is -0.882. The van der Waals surface area contributed by atoms with E-state index in [4.69, 9.17) is 14.9 Å². The fraction of sp³-hybridized carbons (Fsp3) is 0.300. The van der Waals surface area contributed by atoms with Crippen molar-refractivity contribution in [2.24, 2.45) is 5.73 Å². The molecule has 0 atom stereocenters. The molecule has 0 aliphatic carbocycles. The van der Waals surface area contributed by atoms with Crippen molar-refractivity contribution < 1.29 is 13.9 Å². The van der Waals surface area contributed by atoms with Gasteiger partial charge in [-0.3, -0.25) is 4.79 Å². The van der Waals surface area contributed by atoms with E-state index in [9.17, 15) is 4.79 Å². The molecule has 1 saturated heterocycles. The Labute approximate surface area is 151 Å². The Bertz CT molecular complexity index is 914. The molecule has 134 valence electrons. The molecule has 0 unspecified atom stereocenters. The minimum absolute atomic E-state index is 0.191. The van der Waals surface area contributed by atoms with Crippen LogP contribution in [0.15, 0.2) is 52.9 Å². The molecule has 0 bridgehead atoms. The van der Waals surface area contributed by atoms with Gasteiger partial charge in [0.05, 0.1) is 0 Å². The maximum atomic E-state index is 12.5. The molecule has 1 fully saturated rings. The van der Waals surface area contributed by atoms with Crippen LogP contribution in [-0.4, -0.2) is 29.6 Å². The smallest absolute Gasteiger partial charge is 0.244 e. The minimum Gasteiger partial charge on any atom is -0.440 e. The van der Waals surface area contributed by atoms with Crippen molar-refractivity contribution in [3.05, 3.63) is 60.0 Å². The lowest BCUT2D eigenvalue weighted by Gasteiger charge is -2.31. The third-order valence-electron chi connectivity index (χ3n) is 4.73. The molecule has 2 aromatic carbocycles. The zero-order valence-corrected chi connectivity index (χ0v) is 14.4. The summed E-state index contributed by atoms with van der Waals surface area (Å²) in [7, 11) is 0. The van der Waals surface area contributed by atoms with Crippen LogP contribution in [0.2, 0.25) is 0 Å². The van der Waals surface area contributed by atoms with Crippen molar-refractivity contribution in [1.29, 1.82) is 0 Å². The number of ether oxygens (including phenoxy) is 1. The van der Waals surface area contributed by atoms with Crippen LogP contribution in [0.1, 0.15) is 24.3 Å². The molecule has 1 aromatic heterocycles. The molecule has 0 saturated carbocycles. The molecule has 3 aromatic rings. The van der Waals surface area contributed by atoms with E-state index in [2.05, 4.69) is 10.3 Å². The second kappa shape index (κ2) is 6.90. The molecule has 1 aliphatic rings. The summed E-state index contributed by atoms with van der Waals surface area (Å²) in [4.78, 5) is 17.0. The molecule has 3 N–H and O–H groups in total. The second-order valence-electron chi connectivity index (χ2n) is 6.68. The molecule has 2 heterocycles. The molecular weight excluding hydrogens is 330 g/mol. The monoisotopic (exact) mass is 351 g/mol. The number of oxazole rings is 1. The molecule has 1 amide bonds. The van der Waals surface area contributed by atoms with Gasteiger partial charge in [-0.05, 0) is 30.5 Å². The Hall–Kier alpha value is -2.70. The molecule has 4 rings (SSSR count). The molecule has 1 aliphatic heterocycles. The van der Waals surface area contributed by atoms with E-state index >= 15 is 0 Å². The third-order valence-corrected chi connectivity index (χ3v) is 4.73. The number of anilines is 1. The predicted octanol–water partition coefficient (Wildman–Crippen LogP) is 2.87. The van der Waals surface area contributed by atoms with Crippen LogP contribution in [0, 0.1) is 0 Å². The number of nitrogens with zero attached hydrogens (tertiary/aromatic N) is 1. The Kier molecular flexibility index (Phi) is 4.44. The van der Waals surface area contributed by atoms with E-state index in [-0.39, 0.29) is 5.91 Å². The lowest BCUT2D eigenvalue weighted by Crippen LogP contribution is -2.54. The lowest BCUT2D eigenvalue weighted by molar-refractivity contribution is -0.124. The van der Waals surface area contributed by atoms with Gasteiger partial charge < -0.3 is 20.2 Å². The van der Waals surface area contributed by atoms with Crippen LogP contribution >= 0.6 is 0 Å². The van der Waals surface area contributed by atoms with Gasteiger partial charge in [0.25, 0.3) is 0 Å². The van der Waals surface area contributed by atoms with Gasteiger partial charge in [0.15, 0.2) is 11.5 Å². The Morgan fingerprint density at radius 1 is 1.15 bits per heavy atom. The van der Waals surface area contributed by atoms with Crippen molar-refractivity contribution >= 4 is 22.7 Å². The van der Waals surface area contributed by atoms with Gasteiger partial charge in [-0.25, -0.2) is 4.98 Å². The van der Waals surface area contributed by atoms with Gasteiger partial charge in [-0.15, -0.1) is 0 Å². The van der Waals surface area contributed by atoms with Crippen molar-refractivity contribution in [3.8, 4) is 0 Å². The number of nitrogens with one attached hydrogen (secondary N) is 1. The van der Waals surface area contributed by atoms with Crippen molar-refractivity contribution in [2.45, 2.75) is 24.8 Å². The van der Waals surface area contributed by atoms with Gasteiger partial charge in [0.1, 0.15) is 11.1 Å². The summed E-state index contributed by atoms with van der Waals surface area (Å²) >= 11 is 0. The van der Waals surface area contributed by atoms with Crippen LogP contribution < -0.4 is 11.1 Å². The number of benzene rings is 2. The fourth-order valence-electron chi connectivity index (χ4n) is 3.11. The first-order chi connectivity index (χ1) is 12.6. The highest BCUT2D eigenvalue weighted by Gasteiger charge is 2.35. The summed E-state index contributed by atoms with van der Waals surface area (Å²) in [5.74, 6) is 0.457. The molecule has 0 spiro atoms. The van der Waals surface area contributed by atoms with Crippen LogP contribution in [0.4, 0.5) is 5.69 Å². The first-order valence-corrected chi connectivity index (χ1v) is 8.74. The SMILES string of the molecule is NC1(C(=O)Nc2ccc3nc(Cc4ccccc4)oc3c2)CCOCC1. The first-order valence-electron chi connectivity index (χ1n) is 8.74. The highest BCUT2D eigenvalue weighted by molar-refractivity contribution is 5.99. The van der Waals surface area contributed by atoms with Crippen LogP contribution in [0.5, 0.6) is 0 Å². The van der Waals surface area contributed by atoms with Gasteiger partial charge >= 0.3 is 0 Å². The van der Waals surface area contributed by atoms with Gasteiger partial charge in [0, 0.05) is 31.4 Å². The Balaban J connectivity index is 1.51. The van der Waals surface area contributed by atoms with E-state index in [0.717, 1.165) is 11.1 Å². The highest BCUT2D eigenvalue weighted by Crippen LogP contribution is 2.24. The van der Waals surface area contributed by atoms with Gasteiger partial charge in [-0.1, -0.05) is 30.3 Å². The van der Waals surface area contributed by atoms with E-state index in [1.54, 1.807) is 6.07 Å². The summed E-state index contributed by atoms with van der Waals surface area (Å²) < 4.78 is 11.1. The number of rotatable bonds is 4. The predicted molar refractivity (Wildman–Crippen MR) is 98.9 cm³/mol. The van der Waals surface area contributed by atoms with E-state index < -0.39 is 5.54 Å².